The van der Waals surface area contributed by atoms with E-state index in [1.165, 1.54) is 35.2 Å². The maximum absolute atomic E-state index is 13.8. The van der Waals surface area contributed by atoms with Crippen molar-refractivity contribution in [2.24, 2.45) is 0 Å². The summed E-state index contributed by atoms with van der Waals surface area (Å²) in [6.45, 7) is 5.31. The van der Waals surface area contributed by atoms with Crippen LogP contribution in [0.4, 0.5) is 5.69 Å². The smallest absolute Gasteiger partial charge is 0.264 e. The van der Waals surface area contributed by atoms with Crippen LogP contribution in [0.2, 0.25) is 10.0 Å². The lowest BCUT2D eigenvalue weighted by atomic mass is 10.1. The summed E-state index contributed by atoms with van der Waals surface area (Å²) in [4.78, 5) is 27.9. The molecule has 10 heteroatoms. The average Bonchev–Trinajstić information content (AvgIpc) is 2.87. The maximum atomic E-state index is 13.8. The Bertz CT molecular complexity index is 1370. The Balaban J connectivity index is 2.04. The zero-order valence-corrected chi connectivity index (χ0v) is 23.1. The second kappa shape index (κ2) is 12.4. The third-order valence-corrected chi connectivity index (χ3v) is 8.28. The molecule has 2 amide bonds. The fourth-order valence-corrected chi connectivity index (χ4v) is 5.52. The first-order valence-electron chi connectivity index (χ1n) is 11.7. The average molecular weight is 563 g/mol. The number of rotatable bonds is 10. The minimum atomic E-state index is -4.16. The second-order valence-corrected chi connectivity index (χ2v) is 11.2. The van der Waals surface area contributed by atoms with Crippen LogP contribution in [0, 0.1) is 6.92 Å². The number of nitrogens with zero attached hydrogens (tertiary/aromatic N) is 2. The van der Waals surface area contributed by atoms with Gasteiger partial charge >= 0.3 is 0 Å². The van der Waals surface area contributed by atoms with Crippen LogP contribution in [0.25, 0.3) is 0 Å². The van der Waals surface area contributed by atoms with Crippen molar-refractivity contribution in [3.05, 3.63) is 94.0 Å². The van der Waals surface area contributed by atoms with Crippen molar-refractivity contribution < 1.29 is 18.0 Å². The number of nitrogens with one attached hydrogen (secondary N) is 1. The first-order valence-corrected chi connectivity index (χ1v) is 13.9. The molecule has 0 fully saturated rings. The molecular weight excluding hydrogens is 533 g/mol. The Morgan fingerprint density at radius 1 is 0.946 bits per heavy atom. The summed E-state index contributed by atoms with van der Waals surface area (Å²) in [5.41, 5.74) is 1.99. The summed E-state index contributed by atoms with van der Waals surface area (Å²) in [6, 6.07) is 18.9. The van der Waals surface area contributed by atoms with Crippen molar-refractivity contribution in [2.45, 2.75) is 38.3 Å². The minimum Gasteiger partial charge on any atom is -0.355 e. The van der Waals surface area contributed by atoms with Gasteiger partial charge < -0.3 is 10.2 Å². The Kier molecular flexibility index (Phi) is 9.59. The molecule has 196 valence electrons. The molecule has 7 nitrogen and oxygen atoms in total. The summed E-state index contributed by atoms with van der Waals surface area (Å²) in [5.74, 6) is -0.888. The Hall–Kier alpha value is -3.07. The summed E-state index contributed by atoms with van der Waals surface area (Å²) in [5, 5.41) is 3.13. The van der Waals surface area contributed by atoms with Crippen LogP contribution in [-0.4, -0.2) is 44.3 Å². The zero-order valence-electron chi connectivity index (χ0n) is 20.8. The first kappa shape index (κ1) is 28.5. The highest BCUT2D eigenvalue weighted by atomic mass is 35.5. The van der Waals surface area contributed by atoms with E-state index in [-0.39, 0.29) is 33.1 Å². The lowest BCUT2D eigenvalue weighted by molar-refractivity contribution is -0.139. The van der Waals surface area contributed by atoms with Crippen LogP contribution in [0.3, 0.4) is 0 Å². The van der Waals surface area contributed by atoms with Gasteiger partial charge in [0.2, 0.25) is 11.8 Å². The molecule has 0 aliphatic rings. The fourth-order valence-electron chi connectivity index (χ4n) is 3.80. The highest BCUT2D eigenvalue weighted by Gasteiger charge is 2.32. The third-order valence-electron chi connectivity index (χ3n) is 5.75. The molecule has 0 aromatic heterocycles. The second-order valence-electron chi connectivity index (χ2n) is 8.50. The number of halogens is 2. The van der Waals surface area contributed by atoms with Crippen LogP contribution in [0.15, 0.2) is 77.7 Å². The van der Waals surface area contributed by atoms with Crippen molar-refractivity contribution in [2.75, 3.05) is 17.4 Å². The van der Waals surface area contributed by atoms with Gasteiger partial charge in [0.1, 0.15) is 12.6 Å². The summed E-state index contributed by atoms with van der Waals surface area (Å²) < 4.78 is 28.4. The number of likely N-dealkylation sites (N-methyl/N-ethyl adjacent to an activating group) is 1. The van der Waals surface area contributed by atoms with E-state index in [9.17, 15) is 18.0 Å². The third kappa shape index (κ3) is 7.03. The van der Waals surface area contributed by atoms with E-state index in [2.05, 4.69) is 5.32 Å². The van der Waals surface area contributed by atoms with E-state index in [0.29, 0.717) is 6.54 Å². The van der Waals surface area contributed by atoms with Gasteiger partial charge in [-0.1, -0.05) is 71.2 Å². The normalized spacial score (nSPS) is 12.0. The number of anilines is 1. The van der Waals surface area contributed by atoms with Gasteiger partial charge in [-0.3, -0.25) is 13.9 Å². The predicted octanol–water partition coefficient (Wildman–Crippen LogP) is 5.05. The molecule has 3 rings (SSSR count). The molecular formula is C27H29Cl2N3O4S. The zero-order chi connectivity index (χ0) is 27.2. The van der Waals surface area contributed by atoms with E-state index in [1.807, 2.05) is 31.2 Å². The number of sulfonamides is 1. The number of carbonyl (C=O) groups excluding carboxylic acids is 2. The standard InChI is InChI=1S/C27H29Cl2N3O4S/c1-4-30-27(34)20(3)31(17-21-10-8-9-19(2)15-21)26(33)18-32(22-13-14-24(28)25(29)16-22)37(35,36)23-11-6-5-7-12-23/h5-16,20H,4,17-18H2,1-3H3,(H,30,34). The van der Waals surface area contributed by atoms with Crippen molar-refractivity contribution in [1.29, 1.82) is 0 Å². The molecule has 0 saturated carbocycles. The number of amides is 2. The van der Waals surface area contributed by atoms with Crippen LogP contribution in [0.1, 0.15) is 25.0 Å². The van der Waals surface area contributed by atoms with Crippen LogP contribution in [0.5, 0.6) is 0 Å². The molecule has 0 aliphatic carbocycles. The lowest BCUT2D eigenvalue weighted by Gasteiger charge is -2.32. The van der Waals surface area contributed by atoms with Gasteiger partial charge in [-0.25, -0.2) is 8.42 Å². The number of benzene rings is 3. The molecule has 0 spiro atoms. The van der Waals surface area contributed by atoms with Gasteiger partial charge in [-0.2, -0.15) is 0 Å². The molecule has 3 aromatic rings. The molecule has 37 heavy (non-hydrogen) atoms. The SMILES string of the molecule is CCNC(=O)C(C)N(Cc1cccc(C)c1)C(=O)CN(c1ccc(Cl)c(Cl)c1)S(=O)(=O)c1ccccc1. The molecule has 0 heterocycles. The number of carbonyl (C=O) groups is 2. The fraction of sp³-hybridized carbons (Fsp3) is 0.259. The summed E-state index contributed by atoms with van der Waals surface area (Å²) in [7, 11) is -4.16. The van der Waals surface area contributed by atoms with Crippen molar-refractivity contribution in [1.82, 2.24) is 10.2 Å². The van der Waals surface area contributed by atoms with Gasteiger partial charge in [-0.05, 0) is 56.7 Å². The van der Waals surface area contributed by atoms with E-state index in [1.54, 1.807) is 32.0 Å². The molecule has 0 saturated heterocycles. The Morgan fingerprint density at radius 3 is 2.27 bits per heavy atom. The summed E-state index contributed by atoms with van der Waals surface area (Å²) in [6.07, 6.45) is 0. The molecule has 1 unspecified atom stereocenters. The van der Waals surface area contributed by atoms with Gasteiger partial charge in [0.25, 0.3) is 10.0 Å². The highest BCUT2D eigenvalue weighted by Crippen LogP contribution is 2.30. The van der Waals surface area contributed by atoms with Crippen molar-refractivity contribution in [3.8, 4) is 0 Å². The van der Waals surface area contributed by atoms with Gasteiger partial charge in [-0.15, -0.1) is 0 Å². The number of hydrogen-bond donors (Lipinski definition) is 1. The maximum Gasteiger partial charge on any atom is 0.264 e. The van der Waals surface area contributed by atoms with Gasteiger partial charge in [0.15, 0.2) is 0 Å². The molecule has 0 radical (unpaired) electrons. The molecule has 0 bridgehead atoms. The van der Waals surface area contributed by atoms with Crippen LogP contribution in [-0.2, 0) is 26.2 Å². The quantitative estimate of drug-likeness (QED) is 0.375. The molecule has 1 N–H and O–H groups in total. The monoisotopic (exact) mass is 561 g/mol. The predicted molar refractivity (Wildman–Crippen MR) is 147 cm³/mol. The van der Waals surface area contributed by atoms with E-state index >= 15 is 0 Å². The van der Waals surface area contributed by atoms with Crippen molar-refractivity contribution in [3.63, 3.8) is 0 Å². The van der Waals surface area contributed by atoms with E-state index in [0.717, 1.165) is 15.4 Å². The Labute approximate surface area is 228 Å². The molecule has 0 aliphatic heterocycles. The van der Waals surface area contributed by atoms with Crippen LogP contribution >= 0.6 is 23.2 Å². The summed E-state index contributed by atoms with van der Waals surface area (Å²) >= 11 is 12.3. The topological polar surface area (TPSA) is 86.8 Å². The largest absolute Gasteiger partial charge is 0.355 e. The van der Waals surface area contributed by atoms with Crippen LogP contribution < -0.4 is 9.62 Å². The highest BCUT2D eigenvalue weighted by molar-refractivity contribution is 7.92. The van der Waals surface area contributed by atoms with E-state index < -0.39 is 28.5 Å². The van der Waals surface area contributed by atoms with Gasteiger partial charge in [0.05, 0.1) is 20.6 Å². The first-order chi connectivity index (χ1) is 17.5. The van der Waals surface area contributed by atoms with Gasteiger partial charge in [0, 0.05) is 13.1 Å². The molecule has 1 atom stereocenters. The van der Waals surface area contributed by atoms with E-state index in [4.69, 9.17) is 23.2 Å². The number of aryl methyl sites for hydroxylation is 1. The minimum absolute atomic E-state index is 0.0101. The Morgan fingerprint density at radius 2 is 1.65 bits per heavy atom. The number of hydrogen-bond acceptors (Lipinski definition) is 4. The lowest BCUT2D eigenvalue weighted by Crippen LogP contribution is -2.51. The molecule has 3 aromatic carbocycles. The van der Waals surface area contributed by atoms with Crippen molar-refractivity contribution >= 4 is 50.7 Å².